The number of nitrogens with zero attached hydrogens (tertiary/aromatic N) is 1. The van der Waals surface area contributed by atoms with Crippen molar-refractivity contribution in [1.29, 1.82) is 0 Å². The van der Waals surface area contributed by atoms with Gasteiger partial charge in [-0.3, -0.25) is 0 Å². The molecule has 112 valence electrons. The Morgan fingerprint density at radius 3 is 2.50 bits per heavy atom. The topological polar surface area (TPSA) is 12.9 Å². The van der Waals surface area contributed by atoms with E-state index in [9.17, 15) is 0 Å². The Morgan fingerprint density at radius 2 is 1.54 bits per heavy atom. The number of hydrogen-bond acceptors (Lipinski definition) is 2. The van der Waals surface area contributed by atoms with Crippen LogP contribution < -0.4 is 0 Å². The minimum absolute atomic E-state index is 0.260. The molecule has 0 atom stereocenters. The Bertz CT molecular complexity index is 1410. The van der Waals surface area contributed by atoms with E-state index in [0.29, 0.717) is 0 Å². The van der Waals surface area contributed by atoms with E-state index in [1.807, 2.05) is 17.5 Å². The Labute approximate surface area is 147 Å². The molecule has 0 bridgehead atoms. The SMILES string of the molecule is c1ccc2c(c1)cnc1c3cccc4sc5cccc([se]c21)c5c43. The van der Waals surface area contributed by atoms with Crippen LogP contribution >= 0.6 is 11.3 Å². The third-order valence-electron chi connectivity index (χ3n) is 4.70. The molecule has 0 amide bonds. The van der Waals surface area contributed by atoms with Crippen LogP contribution in [0.1, 0.15) is 0 Å². The quantitative estimate of drug-likeness (QED) is 0.292. The maximum absolute atomic E-state index is 4.90. The van der Waals surface area contributed by atoms with Gasteiger partial charge < -0.3 is 0 Å². The summed E-state index contributed by atoms with van der Waals surface area (Å²) in [6.07, 6.45) is 2.03. The molecule has 0 fully saturated rings. The molecular weight excluding hydrogens is 377 g/mol. The number of pyridine rings is 1. The van der Waals surface area contributed by atoms with Crippen molar-refractivity contribution in [1.82, 2.24) is 4.98 Å². The van der Waals surface area contributed by atoms with Gasteiger partial charge in [-0.2, -0.15) is 0 Å². The fourth-order valence-corrected chi connectivity index (χ4v) is 7.56. The molecule has 0 aliphatic rings. The molecule has 0 N–H and O–H groups in total. The molecular formula is C21H11NSSe. The third kappa shape index (κ3) is 1.62. The molecule has 3 aromatic heterocycles. The molecule has 3 heterocycles. The Hall–Kier alpha value is -2.19. The van der Waals surface area contributed by atoms with Crippen molar-refractivity contribution >= 4 is 76.2 Å². The molecule has 0 aliphatic heterocycles. The number of fused-ring (bicyclic) bond motifs is 4. The third-order valence-corrected chi connectivity index (χ3v) is 8.30. The molecule has 3 aromatic carbocycles. The minimum atomic E-state index is 0.260. The zero-order valence-corrected chi connectivity index (χ0v) is 15.1. The molecule has 0 unspecified atom stereocenters. The van der Waals surface area contributed by atoms with Crippen molar-refractivity contribution in [3.63, 3.8) is 0 Å². The summed E-state index contributed by atoms with van der Waals surface area (Å²) in [6.45, 7) is 0. The van der Waals surface area contributed by atoms with E-state index >= 15 is 0 Å². The zero-order chi connectivity index (χ0) is 15.7. The van der Waals surface area contributed by atoms with E-state index in [0.717, 1.165) is 0 Å². The number of hydrogen-bond donors (Lipinski definition) is 0. The zero-order valence-electron chi connectivity index (χ0n) is 12.6. The van der Waals surface area contributed by atoms with Crippen molar-refractivity contribution in [2.24, 2.45) is 0 Å². The normalized spacial score (nSPS) is 12.2. The van der Waals surface area contributed by atoms with Crippen molar-refractivity contribution in [2.75, 3.05) is 0 Å². The average Bonchev–Trinajstić information content (AvgIpc) is 2.94. The summed E-state index contributed by atoms with van der Waals surface area (Å²) in [4.78, 5) is 4.90. The monoisotopic (exact) mass is 389 g/mol. The first kappa shape index (κ1) is 13.1. The summed E-state index contributed by atoms with van der Waals surface area (Å²) in [5, 5.41) is 6.74. The van der Waals surface area contributed by atoms with E-state index < -0.39 is 0 Å². The molecule has 3 heteroatoms. The van der Waals surface area contributed by atoms with E-state index in [1.165, 1.54) is 50.4 Å². The Balaban J connectivity index is 2.08. The van der Waals surface area contributed by atoms with Gasteiger partial charge in [-0.25, -0.2) is 0 Å². The van der Waals surface area contributed by atoms with Crippen LogP contribution in [0.5, 0.6) is 0 Å². The Morgan fingerprint density at radius 1 is 0.750 bits per heavy atom. The van der Waals surface area contributed by atoms with Crippen LogP contribution in [-0.2, 0) is 0 Å². The predicted octanol–water partition coefficient (Wildman–Crippen LogP) is 5.97. The van der Waals surface area contributed by atoms with E-state index in [2.05, 4.69) is 60.7 Å². The second-order valence-electron chi connectivity index (χ2n) is 6.04. The summed E-state index contributed by atoms with van der Waals surface area (Å²) in [5.41, 5.74) is 1.18. The molecule has 0 saturated heterocycles. The average molecular weight is 388 g/mol. The van der Waals surface area contributed by atoms with Gasteiger partial charge in [0.1, 0.15) is 0 Å². The molecule has 0 aliphatic carbocycles. The summed E-state index contributed by atoms with van der Waals surface area (Å²) in [6, 6.07) is 22.1. The van der Waals surface area contributed by atoms with Crippen LogP contribution in [0.15, 0.2) is 66.9 Å². The molecule has 6 aromatic rings. The molecule has 0 radical (unpaired) electrons. The van der Waals surface area contributed by atoms with Gasteiger partial charge in [-0.1, -0.05) is 0 Å². The number of thiophene rings is 1. The second-order valence-corrected chi connectivity index (χ2v) is 9.33. The second kappa shape index (κ2) is 4.67. The molecule has 0 spiro atoms. The Kier molecular flexibility index (Phi) is 2.56. The molecule has 1 nitrogen and oxygen atoms in total. The van der Waals surface area contributed by atoms with Crippen LogP contribution in [0.25, 0.3) is 50.4 Å². The van der Waals surface area contributed by atoms with Crippen molar-refractivity contribution in [3.8, 4) is 0 Å². The van der Waals surface area contributed by atoms with Gasteiger partial charge in [-0.15, -0.1) is 0 Å². The molecule has 0 saturated carbocycles. The van der Waals surface area contributed by atoms with Gasteiger partial charge in [0.25, 0.3) is 0 Å². The number of benzene rings is 3. The predicted molar refractivity (Wildman–Crippen MR) is 107 cm³/mol. The van der Waals surface area contributed by atoms with E-state index in [1.54, 1.807) is 0 Å². The van der Waals surface area contributed by atoms with E-state index in [4.69, 9.17) is 4.98 Å². The number of rotatable bonds is 0. The summed E-state index contributed by atoms with van der Waals surface area (Å²) < 4.78 is 5.67. The van der Waals surface area contributed by atoms with Gasteiger partial charge in [0.05, 0.1) is 0 Å². The first-order chi connectivity index (χ1) is 11.9. The standard InChI is InChI=1S/C21H11NSSe/c1-2-6-13-12(5-1)11-22-20-14-7-3-8-15-18(14)19-16(23-15)9-4-10-17(19)24-21(13)20/h1-11H. The first-order valence-electron chi connectivity index (χ1n) is 7.90. The number of aromatic nitrogens is 1. The van der Waals surface area contributed by atoms with Crippen LogP contribution in [0, 0.1) is 0 Å². The van der Waals surface area contributed by atoms with Gasteiger partial charge in [-0.05, 0) is 0 Å². The van der Waals surface area contributed by atoms with Crippen LogP contribution in [0.4, 0.5) is 0 Å². The van der Waals surface area contributed by atoms with Crippen molar-refractivity contribution in [2.45, 2.75) is 0 Å². The summed E-state index contributed by atoms with van der Waals surface area (Å²) in [5.74, 6) is 0. The summed E-state index contributed by atoms with van der Waals surface area (Å²) in [7, 11) is 0. The van der Waals surface area contributed by atoms with Crippen LogP contribution in [-0.4, -0.2) is 19.5 Å². The fraction of sp³-hybridized carbons (Fsp3) is 0. The van der Waals surface area contributed by atoms with E-state index in [-0.39, 0.29) is 14.5 Å². The molecule has 6 rings (SSSR count). The van der Waals surface area contributed by atoms with Crippen molar-refractivity contribution in [3.05, 3.63) is 66.9 Å². The molecule has 24 heavy (non-hydrogen) atoms. The fourth-order valence-electron chi connectivity index (χ4n) is 3.66. The van der Waals surface area contributed by atoms with Crippen LogP contribution in [0.3, 0.4) is 0 Å². The van der Waals surface area contributed by atoms with Crippen molar-refractivity contribution < 1.29 is 0 Å². The van der Waals surface area contributed by atoms with Gasteiger partial charge in [0.15, 0.2) is 0 Å². The van der Waals surface area contributed by atoms with Gasteiger partial charge in [0.2, 0.25) is 0 Å². The summed E-state index contributed by atoms with van der Waals surface area (Å²) >= 11 is 2.16. The van der Waals surface area contributed by atoms with Gasteiger partial charge >= 0.3 is 148 Å². The first-order valence-corrected chi connectivity index (χ1v) is 10.4. The van der Waals surface area contributed by atoms with Gasteiger partial charge in [0, 0.05) is 0 Å². The van der Waals surface area contributed by atoms with Crippen LogP contribution in [0.2, 0.25) is 0 Å². The maximum atomic E-state index is 4.90.